The van der Waals surface area contributed by atoms with E-state index in [-0.39, 0.29) is 55.8 Å². The van der Waals surface area contributed by atoms with Crippen molar-refractivity contribution in [3.63, 3.8) is 0 Å². The third-order valence-electron chi connectivity index (χ3n) is 6.80. The van der Waals surface area contributed by atoms with E-state index in [1.165, 1.54) is 33.6 Å². The van der Waals surface area contributed by atoms with Gasteiger partial charge in [-0.25, -0.2) is 14.3 Å². The Bertz CT molecular complexity index is 1370. The van der Waals surface area contributed by atoms with Gasteiger partial charge in [-0.2, -0.15) is 31.3 Å². The van der Waals surface area contributed by atoms with Gasteiger partial charge in [0.15, 0.2) is 0 Å². The molecule has 0 atom stereocenters. The Morgan fingerprint density at radius 1 is 0.850 bits per heavy atom. The van der Waals surface area contributed by atoms with Crippen molar-refractivity contribution in [3.05, 3.63) is 65.0 Å². The summed E-state index contributed by atoms with van der Waals surface area (Å²) in [5.74, 6) is 0.205. The number of hydrogen-bond donors (Lipinski definition) is 3. The van der Waals surface area contributed by atoms with Gasteiger partial charge in [-0.3, -0.25) is 9.11 Å². The lowest BCUT2D eigenvalue weighted by Gasteiger charge is -2.46. The smallest absolute Gasteiger partial charge is 0.355 e. The van der Waals surface area contributed by atoms with Crippen LogP contribution in [-0.2, 0) is 25.2 Å². The molecule has 0 aliphatic carbocycles. The topological polar surface area (TPSA) is 97.6 Å². The highest BCUT2D eigenvalue weighted by atomic mass is 32.3. The Balaban J connectivity index is 1.52. The van der Waals surface area contributed by atoms with Gasteiger partial charge >= 0.3 is 12.4 Å². The summed E-state index contributed by atoms with van der Waals surface area (Å²) in [6.07, 6.45) is -6.12. The second kappa shape index (κ2) is 10.6. The van der Waals surface area contributed by atoms with Crippen molar-refractivity contribution >= 4 is 34.0 Å². The molecule has 0 unspecified atom stereocenters. The summed E-state index contributed by atoms with van der Waals surface area (Å²) in [5, 5.41) is 3.02. The normalized spacial score (nSPS) is 18.6. The highest BCUT2D eigenvalue weighted by molar-refractivity contribution is 8.25. The Kier molecular flexibility index (Phi) is 7.48. The number of anilines is 4. The fourth-order valence-electron chi connectivity index (χ4n) is 4.80. The molecule has 2 aliphatic heterocycles. The number of fused-ring (bicyclic) bond motifs is 1. The van der Waals surface area contributed by atoms with E-state index in [4.69, 9.17) is 0 Å². The predicted molar refractivity (Wildman–Crippen MR) is 140 cm³/mol. The summed E-state index contributed by atoms with van der Waals surface area (Å²) >= 11 is 0. The van der Waals surface area contributed by atoms with E-state index < -0.39 is 34.3 Å². The molecule has 8 nitrogen and oxygen atoms in total. The van der Waals surface area contributed by atoms with Crippen LogP contribution < -0.4 is 14.5 Å². The van der Waals surface area contributed by atoms with E-state index in [0.29, 0.717) is 29.8 Å². The number of rotatable bonds is 4. The zero-order valence-corrected chi connectivity index (χ0v) is 21.8. The van der Waals surface area contributed by atoms with E-state index in [9.17, 15) is 35.4 Å². The minimum atomic E-state index is -4.60. The van der Waals surface area contributed by atoms with Crippen LogP contribution in [0, 0.1) is 0 Å². The molecular weight excluding hydrogens is 562 g/mol. The number of alkyl halides is 6. The SMILES string of the molecule is OS1(O)CCCCN1c1nc2c(c(Nc3ccc(C(F)(F)F)cc3)n1)CCN(c1ncccc1C(F)(F)F)CC2. The minimum Gasteiger partial charge on any atom is -0.355 e. The summed E-state index contributed by atoms with van der Waals surface area (Å²) < 4.78 is 103. The maximum atomic E-state index is 13.7. The summed E-state index contributed by atoms with van der Waals surface area (Å²) in [7, 11) is -3.19. The van der Waals surface area contributed by atoms with E-state index in [2.05, 4.69) is 20.3 Å². The van der Waals surface area contributed by atoms with Crippen molar-refractivity contribution in [2.75, 3.05) is 39.9 Å². The summed E-state index contributed by atoms with van der Waals surface area (Å²) in [6.45, 7) is 0.589. The van der Waals surface area contributed by atoms with Crippen LogP contribution in [0.4, 0.5) is 49.6 Å². The average molecular weight is 589 g/mol. The van der Waals surface area contributed by atoms with Crippen molar-refractivity contribution in [1.29, 1.82) is 0 Å². The maximum absolute atomic E-state index is 13.7. The van der Waals surface area contributed by atoms with Gasteiger partial charge in [0.25, 0.3) is 0 Å². The maximum Gasteiger partial charge on any atom is 0.419 e. The molecule has 0 bridgehead atoms. The van der Waals surface area contributed by atoms with Gasteiger partial charge in [0, 0.05) is 43.5 Å². The first-order valence-electron chi connectivity index (χ1n) is 12.5. The highest BCUT2D eigenvalue weighted by Gasteiger charge is 2.37. The number of nitrogens with one attached hydrogen (secondary N) is 1. The fraction of sp³-hybridized carbons (Fsp3) is 0.400. The lowest BCUT2D eigenvalue weighted by atomic mass is 10.1. The molecule has 2 aliphatic rings. The zero-order valence-electron chi connectivity index (χ0n) is 21.0. The van der Waals surface area contributed by atoms with Crippen LogP contribution in [0.5, 0.6) is 0 Å². The Morgan fingerprint density at radius 2 is 1.57 bits per heavy atom. The van der Waals surface area contributed by atoms with Crippen molar-refractivity contribution in [2.24, 2.45) is 0 Å². The molecule has 40 heavy (non-hydrogen) atoms. The molecule has 0 saturated carbocycles. The van der Waals surface area contributed by atoms with E-state index in [1.807, 2.05) is 0 Å². The molecule has 5 rings (SSSR count). The third-order valence-corrected chi connectivity index (χ3v) is 8.69. The molecule has 2 aromatic heterocycles. The van der Waals surface area contributed by atoms with E-state index >= 15 is 0 Å². The van der Waals surface area contributed by atoms with Crippen LogP contribution in [-0.4, -0.2) is 49.4 Å². The van der Waals surface area contributed by atoms with Gasteiger partial charge in [0.2, 0.25) is 5.95 Å². The summed E-state index contributed by atoms with van der Waals surface area (Å²) in [6, 6.07) is 6.53. The second-order valence-electron chi connectivity index (χ2n) is 9.50. The number of hydrogen-bond acceptors (Lipinski definition) is 8. The number of pyridine rings is 1. The third kappa shape index (κ3) is 5.90. The van der Waals surface area contributed by atoms with Gasteiger partial charge in [-0.15, -0.1) is 10.8 Å². The lowest BCUT2D eigenvalue weighted by molar-refractivity contribution is -0.138. The zero-order chi connectivity index (χ0) is 28.7. The molecule has 3 aromatic rings. The first kappa shape index (κ1) is 28.2. The molecule has 1 fully saturated rings. The van der Waals surface area contributed by atoms with Crippen molar-refractivity contribution in [3.8, 4) is 0 Å². The fourth-order valence-corrected chi connectivity index (χ4v) is 6.38. The Labute approximate surface area is 227 Å². The molecule has 3 N–H and O–H groups in total. The van der Waals surface area contributed by atoms with Crippen LogP contribution in [0.25, 0.3) is 0 Å². The van der Waals surface area contributed by atoms with Crippen LogP contribution in [0.2, 0.25) is 0 Å². The largest absolute Gasteiger partial charge is 0.419 e. The lowest BCUT2D eigenvalue weighted by Crippen LogP contribution is -2.36. The monoisotopic (exact) mass is 588 g/mol. The molecule has 15 heteroatoms. The second-order valence-corrected chi connectivity index (χ2v) is 11.6. The average Bonchev–Trinajstić information content (AvgIpc) is 3.11. The molecular formula is C25H26F6N6O2S. The van der Waals surface area contributed by atoms with Gasteiger partial charge in [-0.1, -0.05) is 0 Å². The molecule has 0 radical (unpaired) electrons. The highest BCUT2D eigenvalue weighted by Crippen LogP contribution is 2.49. The summed E-state index contributed by atoms with van der Waals surface area (Å²) in [4.78, 5) is 14.6. The predicted octanol–water partition coefficient (Wildman–Crippen LogP) is 6.52. The molecule has 0 amide bonds. The Hall–Kier alpha value is -3.30. The van der Waals surface area contributed by atoms with E-state index in [0.717, 1.165) is 18.2 Å². The van der Waals surface area contributed by atoms with Crippen LogP contribution in [0.3, 0.4) is 0 Å². The minimum absolute atomic E-state index is 0.0372. The van der Waals surface area contributed by atoms with Gasteiger partial charge in [0.05, 0.1) is 22.6 Å². The van der Waals surface area contributed by atoms with Crippen molar-refractivity contribution in [1.82, 2.24) is 15.0 Å². The first-order valence-corrected chi connectivity index (χ1v) is 14.1. The van der Waals surface area contributed by atoms with Crippen molar-refractivity contribution < 1.29 is 35.4 Å². The van der Waals surface area contributed by atoms with Crippen LogP contribution >= 0.6 is 10.8 Å². The summed E-state index contributed by atoms with van der Waals surface area (Å²) in [5.41, 5.74) is -0.321. The van der Waals surface area contributed by atoms with Gasteiger partial charge < -0.3 is 10.2 Å². The van der Waals surface area contributed by atoms with Gasteiger partial charge in [-0.05, 0) is 55.7 Å². The molecule has 1 aromatic carbocycles. The molecule has 216 valence electrons. The first-order chi connectivity index (χ1) is 18.8. The number of aromatic nitrogens is 3. The molecule has 4 heterocycles. The number of halogens is 6. The van der Waals surface area contributed by atoms with Crippen molar-refractivity contribution in [2.45, 2.75) is 38.0 Å². The van der Waals surface area contributed by atoms with Crippen LogP contribution in [0.15, 0.2) is 42.6 Å². The van der Waals surface area contributed by atoms with Gasteiger partial charge in [0.1, 0.15) is 11.6 Å². The van der Waals surface area contributed by atoms with E-state index in [1.54, 1.807) is 0 Å². The Morgan fingerprint density at radius 3 is 2.25 bits per heavy atom. The van der Waals surface area contributed by atoms with Crippen LogP contribution in [0.1, 0.15) is 35.2 Å². The number of nitrogens with zero attached hydrogens (tertiary/aromatic N) is 5. The quantitative estimate of drug-likeness (QED) is 0.297. The molecule has 0 spiro atoms. The number of benzene rings is 1. The molecule has 1 saturated heterocycles. The standard InChI is InChI=1S/C25H26F6N6O2S/c26-24(27,28)16-5-7-17(8-6-16)33-21-18-9-13-36(22-19(25(29,30)31)4-3-11-32-22)14-10-20(18)34-23(35-21)37-12-1-2-15-40(37,38)39/h3-8,11,38-39H,1-2,9-10,12-15H2,(H,33,34,35).